The summed E-state index contributed by atoms with van der Waals surface area (Å²) < 4.78 is 27.3. The molecule has 0 saturated carbocycles. The third-order valence-corrected chi connectivity index (χ3v) is 7.62. The molecule has 1 atom stereocenters. The largest absolute Gasteiger partial charge is 0.325 e. The summed E-state index contributed by atoms with van der Waals surface area (Å²) in [5.74, 6) is -0.268. The van der Waals surface area contributed by atoms with Crippen LogP contribution in [0.3, 0.4) is 0 Å². The van der Waals surface area contributed by atoms with Gasteiger partial charge >= 0.3 is 0 Å². The number of nitrogens with one attached hydrogen (secondary N) is 1. The van der Waals surface area contributed by atoms with Gasteiger partial charge in [0.1, 0.15) is 6.04 Å². The highest BCUT2D eigenvalue weighted by Crippen LogP contribution is 2.28. The van der Waals surface area contributed by atoms with Gasteiger partial charge in [0.15, 0.2) is 0 Å². The zero-order valence-electron chi connectivity index (χ0n) is 16.3. The molecule has 0 spiro atoms. The molecule has 2 amide bonds. The van der Waals surface area contributed by atoms with Gasteiger partial charge in [-0.3, -0.25) is 9.59 Å². The van der Waals surface area contributed by atoms with E-state index in [0.29, 0.717) is 43.1 Å². The SMILES string of the molecule is O=C(Nc1ccc(N2CCCC2=O)cc1)[C@@H]1CCCN1S(=O)(=O)c1ccc(Cl)cc1. The van der Waals surface area contributed by atoms with Crippen LogP contribution in [0.1, 0.15) is 25.7 Å². The molecule has 0 aliphatic carbocycles. The number of anilines is 2. The summed E-state index contributed by atoms with van der Waals surface area (Å²) in [4.78, 5) is 26.6. The van der Waals surface area contributed by atoms with Gasteiger partial charge in [-0.05, 0) is 67.8 Å². The van der Waals surface area contributed by atoms with Crippen LogP contribution >= 0.6 is 11.6 Å². The van der Waals surface area contributed by atoms with Crippen molar-refractivity contribution >= 4 is 44.8 Å². The van der Waals surface area contributed by atoms with E-state index in [9.17, 15) is 18.0 Å². The van der Waals surface area contributed by atoms with Crippen LogP contribution in [-0.2, 0) is 19.6 Å². The second kappa shape index (κ2) is 8.37. The number of halogens is 1. The lowest BCUT2D eigenvalue weighted by Gasteiger charge is -2.23. The van der Waals surface area contributed by atoms with Crippen LogP contribution in [0.25, 0.3) is 0 Å². The molecular weight excluding hydrogens is 426 g/mol. The maximum absolute atomic E-state index is 13.0. The Labute approximate surface area is 180 Å². The summed E-state index contributed by atoms with van der Waals surface area (Å²) in [6.45, 7) is 0.989. The molecule has 2 saturated heterocycles. The number of sulfonamides is 1. The smallest absolute Gasteiger partial charge is 0.243 e. The minimum atomic E-state index is -3.80. The maximum atomic E-state index is 13.0. The van der Waals surface area contributed by atoms with E-state index < -0.39 is 16.1 Å². The van der Waals surface area contributed by atoms with Crippen molar-refractivity contribution in [3.63, 3.8) is 0 Å². The molecule has 158 valence electrons. The molecule has 0 radical (unpaired) electrons. The highest BCUT2D eigenvalue weighted by Gasteiger charge is 2.39. The van der Waals surface area contributed by atoms with E-state index in [1.165, 1.54) is 28.6 Å². The third kappa shape index (κ3) is 4.08. The summed E-state index contributed by atoms with van der Waals surface area (Å²) in [5.41, 5.74) is 1.36. The van der Waals surface area contributed by atoms with Crippen LogP contribution < -0.4 is 10.2 Å². The molecule has 0 aromatic heterocycles. The highest BCUT2D eigenvalue weighted by molar-refractivity contribution is 7.89. The maximum Gasteiger partial charge on any atom is 0.243 e. The summed E-state index contributed by atoms with van der Waals surface area (Å²) in [5, 5.41) is 3.25. The van der Waals surface area contributed by atoms with Crippen LogP contribution in [-0.4, -0.2) is 43.7 Å². The Balaban J connectivity index is 1.47. The van der Waals surface area contributed by atoms with Crippen molar-refractivity contribution in [3.8, 4) is 0 Å². The van der Waals surface area contributed by atoms with Crippen LogP contribution in [0.15, 0.2) is 53.4 Å². The van der Waals surface area contributed by atoms with Crippen molar-refractivity contribution in [2.24, 2.45) is 0 Å². The Hall–Kier alpha value is -2.42. The quantitative estimate of drug-likeness (QED) is 0.762. The van der Waals surface area contributed by atoms with Crippen LogP contribution in [0.2, 0.25) is 5.02 Å². The lowest BCUT2D eigenvalue weighted by atomic mass is 10.2. The highest BCUT2D eigenvalue weighted by atomic mass is 35.5. The molecule has 2 aromatic carbocycles. The summed E-state index contributed by atoms with van der Waals surface area (Å²) in [7, 11) is -3.80. The Morgan fingerprint density at radius 3 is 2.33 bits per heavy atom. The van der Waals surface area contributed by atoms with Gasteiger partial charge in [-0.2, -0.15) is 4.31 Å². The van der Waals surface area contributed by atoms with Gasteiger partial charge in [0.25, 0.3) is 0 Å². The van der Waals surface area contributed by atoms with Crippen molar-refractivity contribution in [2.75, 3.05) is 23.3 Å². The zero-order valence-corrected chi connectivity index (χ0v) is 17.8. The van der Waals surface area contributed by atoms with Gasteiger partial charge < -0.3 is 10.2 Å². The Kier molecular flexibility index (Phi) is 5.81. The standard InChI is InChI=1S/C21H22ClN3O4S/c22-15-5-11-18(12-6-15)30(28,29)25-14-1-3-19(25)21(27)23-16-7-9-17(10-8-16)24-13-2-4-20(24)26/h5-12,19H,1-4,13-14H2,(H,23,27)/t19-/m0/s1. The van der Waals surface area contributed by atoms with E-state index >= 15 is 0 Å². The Morgan fingerprint density at radius 2 is 1.70 bits per heavy atom. The number of carbonyl (C=O) groups excluding carboxylic acids is 2. The first-order chi connectivity index (χ1) is 14.4. The van der Waals surface area contributed by atoms with Crippen LogP contribution in [0.5, 0.6) is 0 Å². The van der Waals surface area contributed by atoms with E-state index in [0.717, 1.165) is 12.1 Å². The second-order valence-corrected chi connectivity index (χ2v) is 9.74. The van der Waals surface area contributed by atoms with Crippen LogP contribution in [0, 0.1) is 0 Å². The molecule has 2 fully saturated rings. The van der Waals surface area contributed by atoms with Crippen molar-refractivity contribution in [1.82, 2.24) is 4.31 Å². The molecule has 7 nitrogen and oxygen atoms in total. The average Bonchev–Trinajstić information content (AvgIpc) is 3.38. The number of carbonyl (C=O) groups is 2. The van der Waals surface area contributed by atoms with Gasteiger partial charge in [-0.1, -0.05) is 11.6 Å². The van der Waals surface area contributed by atoms with E-state index in [-0.39, 0.29) is 16.7 Å². The molecular formula is C21H22ClN3O4S. The minimum Gasteiger partial charge on any atom is -0.325 e. The summed E-state index contributed by atoms with van der Waals surface area (Å²) in [6.07, 6.45) is 2.47. The molecule has 0 unspecified atom stereocenters. The number of nitrogens with zero attached hydrogens (tertiary/aromatic N) is 2. The molecule has 2 heterocycles. The van der Waals surface area contributed by atoms with Gasteiger partial charge in [0, 0.05) is 35.9 Å². The Bertz CT molecular complexity index is 1050. The monoisotopic (exact) mass is 447 g/mol. The predicted molar refractivity (Wildman–Crippen MR) is 115 cm³/mol. The van der Waals surface area contributed by atoms with Crippen molar-refractivity contribution in [3.05, 3.63) is 53.6 Å². The fourth-order valence-corrected chi connectivity index (χ4v) is 5.69. The lowest BCUT2D eigenvalue weighted by molar-refractivity contribution is -0.119. The molecule has 0 bridgehead atoms. The third-order valence-electron chi connectivity index (χ3n) is 5.45. The zero-order chi connectivity index (χ0) is 21.3. The van der Waals surface area contributed by atoms with Crippen molar-refractivity contribution < 1.29 is 18.0 Å². The van der Waals surface area contributed by atoms with Gasteiger partial charge in [-0.25, -0.2) is 8.42 Å². The van der Waals surface area contributed by atoms with E-state index in [2.05, 4.69) is 5.32 Å². The first-order valence-electron chi connectivity index (χ1n) is 9.85. The van der Waals surface area contributed by atoms with Crippen molar-refractivity contribution in [1.29, 1.82) is 0 Å². The first kappa shape index (κ1) is 20.8. The van der Waals surface area contributed by atoms with Gasteiger partial charge in [0.2, 0.25) is 21.8 Å². The normalized spacial score (nSPS) is 20.0. The molecule has 4 rings (SSSR count). The molecule has 2 aromatic rings. The minimum absolute atomic E-state index is 0.0980. The van der Waals surface area contributed by atoms with Crippen LogP contribution in [0.4, 0.5) is 11.4 Å². The molecule has 2 aliphatic heterocycles. The summed E-state index contributed by atoms with van der Waals surface area (Å²) in [6, 6.07) is 12.2. The molecule has 1 N–H and O–H groups in total. The number of hydrogen-bond donors (Lipinski definition) is 1. The average molecular weight is 448 g/mol. The van der Waals surface area contributed by atoms with Gasteiger partial charge in [0.05, 0.1) is 4.90 Å². The predicted octanol–water partition coefficient (Wildman–Crippen LogP) is 3.26. The molecule has 2 aliphatic rings. The first-order valence-corrected chi connectivity index (χ1v) is 11.7. The van der Waals surface area contributed by atoms with E-state index in [1.54, 1.807) is 29.2 Å². The Morgan fingerprint density at radius 1 is 1.00 bits per heavy atom. The number of rotatable bonds is 5. The fourth-order valence-electron chi connectivity index (χ4n) is 3.90. The second-order valence-electron chi connectivity index (χ2n) is 7.41. The fraction of sp³-hybridized carbons (Fsp3) is 0.333. The van der Waals surface area contributed by atoms with E-state index in [4.69, 9.17) is 11.6 Å². The lowest BCUT2D eigenvalue weighted by Crippen LogP contribution is -2.43. The number of hydrogen-bond acceptors (Lipinski definition) is 4. The topological polar surface area (TPSA) is 86.8 Å². The van der Waals surface area contributed by atoms with Gasteiger partial charge in [-0.15, -0.1) is 0 Å². The molecule has 30 heavy (non-hydrogen) atoms. The molecule has 9 heteroatoms. The number of amides is 2. The van der Waals surface area contributed by atoms with Crippen molar-refractivity contribution in [2.45, 2.75) is 36.6 Å². The van der Waals surface area contributed by atoms with E-state index in [1.807, 2.05) is 0 Å². The number of benzene rings is 2. The summed E-state index contributed by atoms with van der Waals surface area (Å²) >= 11 is 5.86.